The van der Waals surface area contributed by atoms with Gasteiger partial charge < -0.3 is 10.1 Å². The van der Waals surface area contributed by atoms with E-state index >= 15 is 0 Å². The highest BCUT2D eigenvalue weighted by Crippen LogP contribution is 2.44. The molecule has 0 radical (unpaired) electrons. The van der Waals surface area contributed by atoms with Crippen molar-refractivity contribution in [2.24, 2.45) is 0 Å². The molecule has 0 bridgehead atoms. The van der Waals surface area contributed by atoms with Gasteiger partial charge in [0.25, 0.3) is 11.8 Å². The Morgan fingerprint density at radius 3 is 2.72 bits per heavy atom. The zero-order chi connectivity index (χ0) is 28.2. The Bertz CT molecular complexity index is 1660. The molecule has 1 spiro atoms. The molecule has 1 aliphatic heterocycles. The number of aryl methyl sites for hydroxylation is 1. The van der Waals surface area contributed by atoms with Gasteiger partial charge in [0.05, 0.1) is 28.6 Å². The number of carbonyl (C=O) groups excluding carboxylic acids is 2. The minimum Gasteiger partial charge on any atom is -0.484 e. The summed E-state index contributed by atoms with van der Waals surface area (Å²) in [5.41, 5.74) is 0.366. The van der Waals surface area contributed by atoms with E-state index in [1.54, 1.807) is 6.07 Å². The molecule has 0 saturated carbocycles. The van der Waals surface area contributed by atoms with E-state index in [-0.39, 0.29) is 40.5 Å². The van der Waals surface area contributed by atoms with Crippen LogP contribution in [0.1, 0.15) is 49.7 Å². The first-order valence-corrected chi connectivity index (χ1v) is 13.3. The Morgan fingerprint density at radius 2 is 2.08 bits per heavy atom. The minimum absolute atomic E-state index is 0.0434. The molecule has 39 heavy (non-hydrogen) atoms. The fourth-order valence-electron chi connectivity index (χ4n) is 4.90. The van der Waals surface area contributed by atoms with Crippen molar-refractivity contribution in [2.45, 2.75) is 31.0 Å². The first-order valence-electron chi connectivity index (χ1n) is 11.4. The summed E-state index contributed by atoms with van der Waals surface area (Å²) in [4.78, 5) is 30.6. The fraction of sp³-hybridized carbons (Fsp3) is 0.292. The molecule has 2 amide bonds. The van der Waals surface area contributed by atoms with E-state index in [0.717, 1.165) is 10.9 Å². The standard InChI is InChI=1S/C24H19F3N6O5S/c1-39(36,37)32-22(35)20-19-17(31-33(20)18-5-2-13(10-28)11-29-18)9-23(30-21(19)34)7-6-14-8-15(3-4-16(14)23)38-12-24(25,26)27/h2-5,8,11H,6-7,9,12H2,1H3,(H,30,34)(H,32,35)/t23-/m0/s1. The van der Waals surface area contributed by atoms with Crippen LogP contribution >= 0.6 is 0 Å². The van der Waals surface area contributed by atoms with Crippen LogP contribution in [0.4, 0.5) is 13.2 Å². The maximum Gasteiger partial charge on any atom is 0.422 e. The number of carbonyl (C=O) groups is 2. The summed E-state index contributed by atoms with van der Waals surface area (Å²) in [6, 6.07) is 9.22. The Hall–Kier alpha value is -4.45. The molecule has 0 unspecified atom stereocenters. The van der Waals surface area contributed by atoms with Crippen molar-refractivity contribution in [1.29, 1.82) is 5.26 Å². The largest absolute Gasteiger partial charge is 0.484 e. The average Bonchev–Trinajstić information content (AvgIpc) is 3.40. The Morgan fingerprint density at radius 1 is 1.31 bits per heavy atom. The van der Waals surface area contributed by atoms with Gasteiger partial charge in [-0.1, -0.05) is 6.07 Å². The summed E-state index contributed by atoms with van der Waals surface area (Å²) in [5.74, 6) is -1.66. The number of sulfonamides is 1. The molecule has 15 heteroatoms. The smallest absolute Gasteiger partial charge is 0.422 e. The highest BCUT2D eigenvalue weighted by atomic mass is 32.2. The van der Waals surface area contributed by atoms with Gasteiger partial charge in [-0.05, 0) is 48.2 Å². The molecule has 0 fully saturated rings. The SMILES string of the molecule is CS(=O)(=O)NC(=O)c1c2c(nn1-c1ccc(C#N)cn1)C[C@]1(CCc3cc(OCC(F)(F)F)ccc31)NC2=O. The fourth-order valence-corrected chi connectivity index (χ4v) is 5.33. The molecule has 3 heterocycles. The van der Waals surface area contributed by atoms with E-state index in [0.29, 0.717) is 24.0 Å². The summed E-state index contributed by atoms with van der Waals surface area (Å²) in [6.07, 6.45) is -1.50. The lowest BCUT2D eigenvalue weighted by Gasteiger charge is -2.35. The number of amides is 2. The maximum atomic E-state index is 13.5. The van der Waals surface area contributed by atoms with Crippen LogP contribution in [0.2, 0.25) is 0 Å². The van der Waals surface area contributed by atoms with Crippen molar-refractivity contribution in [3.8, 4) is 17.6 Å². The molecule has 2 aromatic heterocycles. The van der Waals surface area contributed by atoms with E-state index in [1.165, 1.54) is 30.5 Å². The number of pyridine rings is 1. The predicted molar refractivity (Wildman–Crippen MR) is 128 cm³/mol. The van der Waals surface area contributed by atoms with E-state index in [9.17, 15) is 31.2 Å². The monoisotopic (exact) mass is 560 g/mol. The van der Waals surface area contributed by atoms with Gasteiger partial charge in [0.15, 0.2) is 12.4 Å². The number of benzene rings is 1. The number of alkyl halides is 3. The maximum absolute atomic E-state index is 13.5. The first-order chi connectivity index (χ1) is 18.3. The van der Waals surface area contributed by atoms with Crippen molar-refractivity contribution in [3.05, 3.63) is 70.2 Å². The number of hydrogen-bond acceptors (Lipinski definition) is 8. The van der Waals surface area contributed by atoms with Gasteiger partial charge in [0.1, 0.15) is 17.5 Å². The highest BCUT2D eigenvalue weighted by molar-refractivity contribution is 7.89. The lowest BCUT2D eigenvalue weighted by molar-refractivity contribution is -0.153. The lowest BCUT2D eigenvalue weighted by atomic mass is 9.82. The zero-order valence-corrected chi connectivity index (χ0v) is 21.0. The normalized spacial score (nSPS) is 18.2. The molecular weight excluding hydrogens is 541 g/mol. The van der Waals surface area contributed by atoms with Crippen molar-refractivity contribution in [1.82, 2.24) is 24.8 Å². The lowest BCUT2D eigenvalue weighted by Crippen LogP contribution is -2.50. The molecule has 5 rings (SSSR count). The summed E-state index contributed by atoms with van der Waals surface area (Å²) in [6.45, 7) is -1.43. The van der Waals surface area contributed by atoms with Crippen LogP contribution < -0.4 is 14.8 Å². The number of nitriles is 1. The van der Waals surface area contributed by atoms with Crippen LogP contribution in [0.15, 0.2) is 36.5 Å². The van der Waals surface area contributed by atoms with E-state index in [4.69, 9.17) is 10.00 Å². The van der Waals surface area contributed by atoms with Crippen LogP contribution in [0, 0.1) is 11.3 Å². The van der Waals surface area contributed by atoms with Crippen LogP contribution in [0.25, 0.3) is 5.82 Å². The molecule has 202 valence electrons. The van der Waals surface area contributed by atoms with Gasteiger partial charge in [-0.25, -0.2) is 22.8 Å². The summed E-state index contributed by atoms with van der Waals surface area (Å²) < 4.78 is 69.1. The van der Waals surface area contributed by atoms with Gasteiger partial charge in [0, 0.05) is 12.6 Å². The summed E-state index contributed by atoms with van der Waals surface area (Å²) in [7, 11) is -4.00. The number of ether oxygens (including phenoxy) is 1. The van der Waals surface area contributed by atoms with Crippen molar-refractivity contribution in [3.63, 3.8) is 0 Å². The average molecular weight is 561 g/mol. The number of nitrogens with one attached hydrogen (secondary N) is 2. The van der Waals surface area contributed by atoms with E-state index in [2.05, 4.69) is 15.4 Å². The number of aromatic nitrogens is 3. The van der Waals surface area contributed by atoms with E-state index in [1.807, 2.05) is 10.8 Å². The molecule has 1 aliphatic carbocycles. The van der Waals surface area contributed by atoms with E-state index < -0.39 is 40.2 Å². The third kappa shape index (κ3) is 5.02. The van der Waals surface area contributed by atoms with Crippen LogP contribution in [0.3, 0.4) is 0 Å². The molecular formula is C24H19F3N6O5S. The second-order valence-electron chi connectivity index (χ2n) is 9.24. The number of rotatable bonds is 5. The second kappa shape index (κ2) is 9.09. The quantitative estimate of drug-likeness (QED) is 0.479. The van der Waals surface area contributed by atoms with Crippen LogP contribution in [-0.2, 0) is 28.4 Å². The van der Waals surface area contributed by atoms with Crippen LogP contribution in [0.5, 0.6) is 5.75 Å². The Balaban J connectivity index is 1.56. The summed E-state index contributed by atoms with van der Waals surface area (Å²) in [5, 5.41) is 16.4. The van der Waals surface area contributed by atoms with Gasteiger partial charge in [-0.15, -0.1) is 0 Å². The Kier molecular flexibility index (Phi) is 6.10. The third-order valence-electron chi connectivity index (χ3n) is 6.41. The number of hydrogen-bond donors (Lipinski definition) is 2. The number of nitrogens with zero attached hydrogens (tertiary/aromatic N) is 4. The molecule has 1 atom stereocenters. The predicted octanol–water partition coefficient (Wildman–Crippen LogP) is 1.90. The van der Waals surface area contributed by atoms with Gasteiger partial charge in [-0.3, -0.25) is 9.59 Å². The van der Waals surface area contributed by atoms with Gasteiger partial charge in [0.2, 0.25) is 10.0 Å². The number of fused-ring (bicyclic) bond motifs is 3. The van der Waals surface area contributed by atoms with Gasteiger partial charge in [-0.2, -0.15) is 23.5 Å². The molecule has 0 saturated heterocycles. The molecule has 1 aromatic carbocycles. The summed E-state index contributed by atoms with van der Waals surface area (Å²) >= 11 is 0. The molecule has 3 aromatic rings. The number of halogens is 3. The zero-order valence-electron chi connectivity index (χ0n) is 20.2. The van der Waals surface area contributed by atoms with Crippen molar-refractivity contribution >= 4 is 21.8 Å². The molecule has 11 nitrogen and oxygen atoms in total. The second-order valence-corrected chi connectivity index (χ2v) is 11.0. The van der Waals surface area contributed by atoms with Crippen LogP contribution in [-0.4, -0.2) is 54.0 Å². The molecule has 2 N–H and O–H groups in total. The Labute approximate surface area is 219 Å². The topological polar surface area (TPSA) is 156 Å². The van der Waals surface area contributed by atoms with Crippen molar-refractivity contribution in [2.75, 3.05) is 12.9 Å². The van der Waals surface area contributed by atoms with Gasteiger partial charge >= 0.3 is 6.18 Å². The first kappa shape index (κ1) is 26.2. The third-order valence-corrected chi connectivity index (χ3v) is 6.97. The van der Waals surface area contributed by atoms with Crippen molar-refractivity contribution < 1.29 is 35.9 Å². The molecule has 2 aliphatic rings. The minimum atomic E-state index is -4.49. The highest BCUT2D eigenvalue weighted by Gasteiger charge is 2.47.